The van der Waals surface area contributed by atoms with Gasteiger partial charge < -0.3 is 4.74 Å². The molecule has 3 aromatic carbocycles. The van der Waals surface area contributed by atoms with Gasteiger partial charge in [-0.05, 0) is 37.3 Å². The van der Waals surface area contributed by atoms with E-state index in [0.29, 0.717) is 11.5 Å². The first-order valence-electron chi connectivity index (χ1n) is 8.09. The van der Waals surface area contributed by atoms with E-state index < -0.39 is 16.1 Å². The van der Waals surface area contributed by atoms with Crippen LogP contribution in [0.2, 0.25) is 0 Å². The second-order valence-electron chi connectivity index (χ2n) is 6.19. The number of hydrogen-bond acceptors (Lipinski definition) is 3. The average Bonchev–Trinajstić information content (AvgIpc) is 2.61. The molecule has 0 bridgehead atoms. The number of sulfonamides is 1. The molecule has 1 aliphatic heterocycles. The molecule has 6 heteroatoms. The predicted molar refractivity (Wildman–Crippen MR) is 104 cm³/mol. The van der Waals surface area contributed by atoms with Crippen molar-refractivity contribution >= 4 is 26.0 Å². The fourth-order valence-corrected chi connectivity index (χ4v) is 4.54. The van der Waals surface area contributed by atoms with Gasteiger partial charge in [0.2, 0.25) is 10.0 Å². The zero-order chi connectivity index (χ0) is 18.3. The number of hydrogen-bond donors (Lipinski definition) is 1. The molecule has 1 N–H and O–H groups in total. The van der Waals surface area contributed by atoms with Crippen molar-refractivity contribution in [1.82, 2.24) is 4.72 Å². The minimum Gasteiger partial charge on any atom is -0.457 e. The zero-order valence-corrected chi connectivity index (χ0v) is 16.3. The van der Waals surface area contributed by atoms with Crippen molar-refractivity contribution in [3.05, 3.63) is 87.9 Å². The van der Waals surface area contributed by atoms with Crippen molar-refractivity contribution in [3.8, 4) is 11.5 Å². The minimum absolute atomic E-state index is 0.241. The normalized spacial score (nSPS) is 15.7. The summed E-state index contributed by atoms with van der Waals surface area (Å²) in [6.45, 7) is 1.92. The lowest BCUT2D eigenvalue weighted by atomic mass is 9.95. The molecule has 0 aromatic heterocycles. The third-order valence-electron chi connectivity index (χ3n) is 4.34. The molecule has 0 aliphatic carbocycles. The first-order chi connectivity index (χ1) is 12.4. The molecule has 0 spiro atoms. The van der Waals surface area contributed by atoms with Crippen LogP contribution >= 0.6 is 15.9 Å². The third kappa shape index (κ3) is 3.16. The summed E-state index contributed by atoms with van der Waals surface area (Å²) in [4.78, 5) is 0.241. The molecule has 0 saturated heterocycles. The van der Waals surface area contributed by atoms with Crippen molar-refractivity contribution in [3.63, 3.8) is 0 Å². The van der Waals surface area contributed by atoms with Crippen LogP contribution in [0.25, 0.3) is 0 Å². The van der Waals surface area contributed by atoms with Gasteiger partial charge in [-0.1, -0.05) is 57.9 Å². The van der Waals surface area contributed by atoms with Crippen molar-refractivity contribution in [1.29, 1.82) is 0 Å². The molecule has 4 nitrogen and oxygen atoms in total. The van der Waals surface area contributed by atoms with Crippen LogP contribution in [0.3, 0.4) is 0 Å². The Balaban J connectivity index is 1.80. The molecule has 1 aliphatic rings. The van der Waals surface area contributed by atoms with Gasteiger partial charge in [-0.25, -0.2) is 8.42 Å². The average molecular weight is 430 g/mol. The second kappa shape index (κ2) is 6.54. The van der Waals surface area contributed by atoms with Gasteiger partial charge in [-0.15, -0.1) is 0 Å². The number of nitrogens with one attached hydrogen (secondary N) is 1. The van der Waals surface area contributed by atoms with Crippen LogP contribution in [0.4, 0.5) is 0 Å². The summed E-state index contributed by atoms with van der Waals surface area (Å²) in [5.74, 6) is 1.28. The number of halogens is 1. The molecule has 1 unspecified atom stereocenters. The number of benzene rings is 3. The summed E-state index contributed by atoms with van der Waals surface area (Å²) in [6.07, 6.45) is 0. The molecule has 1 heterocycles. The summed E-state index contributed by atoms with van der Waals surface area (Å²) in [7, 11) is -3.69. The first kappa shape index (κ1) is 17.3. The fraction of sp³-hybridized carbons (Fsp3) is 0.100. The lowest BCUT2D eigenvalue weighted by Gasteiger charge is -2.28. The molecule has 0 amide bonds. The monoisotopic (exact) mass is 429 g/mol. The molecule has 26 heavy (non-hydrogen) atoms. The smallest absolute Gasteiger partial charge is 0.241 e. The summed E-state index contributed by atoms with van der Waals surface area (Å²) in [5.41, 5.74) is 2.58. The summed E-state index contributed by atoms with van der Waals surface area (Å²) in [5, 5.41) is 0. The van der Waals surface area contributed by atoms with E-state index in [1.807, 2.05) is 49.4 Å². The topological polar surface area (TPSA) is 55.4 Å². The fourth-order valence-electron chi connectivity index (χ4n) is 3.00. The standard InChI is InChI=1S/C20H16BrNO3S/c1-13-6-9-15(10-7-13)26(23,24)22-20-16-4-2-3-5-18(16)25-19-12-14(21)8-11-17(19)20/h2-12,20,22H,1H3. The number of aryl methyl sites for hydroxylation is 1. The van der Waals surface area contributed by atoms with Gasteiger partial charge in [0.15, 0.2) is 0 Å². The number of fused-ring (bicyclic) bond motifs is 2. The second-order valence-corrected chi connectivity index (χ2v) is 8.82. The SMILES string of the molecule is Cc1ccc(S(=O)(=O)NC2c3ccccc3Oc3cc(Br)ccc32)cc1. The number of para-hydroxylation sites is 1. The van der Waals surface area contributed by atoms with Gasteiger partial charge in [0, 0.05) is 15.6 Å². The highest BCUT2D eigenvalue weighted by Crippen LogP contribution is 2.44. The van der Waals surface area contributed by atoms with E-state index in [0.717, 1.165) is 21.2 Å². The molecule has 0 fully saturated rings. The van der Waals surface area contributed by atoms with E-state index in [1.165, 1.54) is 0 Å². The Hall–Kier alpha value is -2.15. The van der Waals surface area contributed by atoms with Crippen molar-refractivity contribution in [2.75, 3.05) is 0 Å². The van der Waals surface area contributed by atoms with Crippen LogP contribution in [0.15, 0.2) is 76.1 Å². The van der Waals surface area contributed by atoms with Gasteiger partial charge >= 0.3 is 0 Å². The quantitative estimate of drug-likeness (QED) is 0.641. The van der Waals surface area contributed by atoms with Crippen LogP contribution in [0.5, 0.6) is 11.5 Å². The van der Waals surface area contributed by atoms with E-state index >= 15 is 0 Å². The Labute approximate surface area is 161 Å². The number of rotatable bonds is 3. The summed E-state index contributed by atoms with van der Waals surface area (Å²) in [6, 6.07) is 19.3. The molecule has 3 aromatic rings. The minimum atomic E-state index is -3.69. The van der Waals surface area contributed by atoms with Crippen LogP contribution in [-0.2, 0) is 10.0 Å². The third-order valence-corrected chi connectivity index (χ3v) is 6.27. The molecular weight excluding hydrogens is 414 g/mol. The van der Waals surface area contributed by atoms with Gasteiger partial charge in [0.05, 0.1) is 10.9 Å². The van der Waals surface area contributed by atoms with E-state index in [1.54, 1.807) is 24.3 Å². The van der Waals surface area contributed by atoms with Crippen LogP contribution < -0.4 is 9.46 Å². The van der Waals surface area contributed by atoms with E-state index in [9.17, 15) is 8.42 Å². The van der Waals surface area contributed by atoms with Crippen LogP contribution in [0, 0.1) is 6.92 Å². The van der Waals surface area contributed by atoms with Crippen molar-refractivity contribution in [2.45, 2.75) is 17.9 Å². The summed E-state index contributed by atoms with van der Waals surface area (Å²) >= 11 is 3.44. The highest BCUT2D eigenvalue weighted by Gasteiger charge is 2.31. The Kier molecular flexibility index (Phi) is 4.34. The predicted octanol–water partition coefficient (Wildman–Crippen LogP) is 4.93. The van der Waals surface area contributed by atoms with Gasteiger partial charge in [-0.3, -0.25) is 0 Å². The molecule has 0 radical (unpaired) electrons. The van der Waals surface area contributed by atoms with E-state index in [4.69, 9.17) is 4.74 Å². The molecule has 132 valence electrons. The van der Waals surface area contributed by atoms with E-state index in [-0.39, 0.29) is 4.90 Å². The zero-order valence-electron chi connectivity index (χ0n) is 13.9. The Morgan fingerprint density at radius 1 is 0.923 bits per heavy atom. The van der Waals surface area contributed by atoms with Gasteiger partial charge in [0.25, 0.3) is 0 Å². The maximum atomic E-state index is 12.9. The lowest BCUT2D eigenvalue weighted by Crippen LogP contribution is -2.31. The summed E-state index contributed by atoms with van der Waals surface area (Å²) < 4.78 is 35.5. The first-order valence-corrected chi connectivity index (χ1v) is 10.4. The Morgan fingerprint density at radius 3 is 2.38 bits per heavy atom. The van der Waals surface area contributed by atoms with Crippen molar-refractivity contribution in [2.24, 2.45) is 0 Å². The number of ether oxygens (including phenoxy) is 1. The highest BCUT2D eigenvalue weighted by molar-refractivity contribution is 9.10. The Bertz CT molecular complexity index is 1080. The van der Waals surface area contributed by atoms with Gasteiger partial charge in [0.1, 0.15) is 11.5 Å². The lowest BCUT2D eigenvalue weighted by molar-refractivity contribution is 0.440. The Morgan fingerprint density at radius 2 is 1.62 bits per heavy atom. The van der Waals surface area contributed by atoms with E-state index in [2.05, 4.69) is 20.7 Å². The molecule has 4 rings (SSSR count). The van der Waals surface area contributed by atoms with Crippen LogP contribution in [-0.4, -0.2) is 8.42 Å². The maximum absolute atomic E-state index is 12.9. The highest BCUT2D eigenvalue weighted by atomic mass is 79.9. The van der Waals surface area contributed by atoms with Gasteiger partial charge in [-0.2, -0.15) is 4.72 Å². The molecular formula is C20H16BrNO3S. The molecule has 1 atom stereocenters. The molecule has 0 saturated carbocycles. The van der Waals surface area contributed by atoms with Crippen LogP contribution in [0.1, 0.15) is 22.7 Å². The largest absolute Gasteiger partial charge is 0.457 e. The maximum Gasteiger partial charge on any atom is 0.241 e. The van der Waals surface area contributed by atoms with Crippen molar-refractivity contribution < 1.29 is 13.2 Å².